The van der Waals surface area contributed by atoms with E-state index in [2.05, 4.69) is 41.2 Å². The molecule has 6 nitrogen and oxygen atoms in total. The lowest BCUT2D eigenvalue weighted by atomic mass is 9.97. The average Bonchev–Trinajstić information content (AvgIpc) is 3.07. The Morgan fingerprint density at radius 2 is 2.08 bits per heavy atom. The van der Waals surface area contributed by atoms with Gasteiger partial charge in [0.25, 0.3) is 0 Å². The molecule has 1 N–H and O–H groups in total. The number of rotatable bonds is 5. The summed E-state index contributed by atoms with van der Waals surface area (Å²) in [6.45, 7) is 5.30. The van der Waals surface area contributed by atoms with Crippen LogP contribution in [0.2, 0.25) is 0 Å². The lowest BCUT2D eigenvalue weighted by Gasteiger charge is -2.34. The summed E-state index contributed by atoms with van der Waals surface area (Å²) in [4.78, 5) is 19.5. The van der Waals surface area contributed by atoms with Gasteiger partial charge in [-0.1, -0.05) is 18.2 Å². The normalized spacial score (nSPS) is 17.7. The van der Waals surface area contributed by atoms with E-state index in [9.17, 15) is 4.79 Å². The largest absolute Gasteiger partial charge is 0.377 e. The number of benzene rings is 1. The van der Waals surface area contributed by atoms with Crippen LogP contribution in [0.4, 0.5) is 0 Å². The number of aryl methyl sites for hydroxylation is 2. The highest BCUT2D eigenvalue weighted by molar-refractivity contribution is 5.80. The van der Waals surface area contributed by atoms with Crippen molar-refractivity contribution in [1.29, 1.82) is 0 Å². The Bertz CT molecular complexity index is 721. The van der Waals surface area contributed by atoms with Crippen LogP contribution >= 0.6 is 0 Å². The number of aromatic amines is 1. The third kappa shape index (κ3) is 3.90. The Hall–Kier alpha value is -2.21. The molecule has 1 amide bonds. The van der Waals surface area contributed by atoms with E-state index >= 15 is 0 Å². The fraction of sp³-hybridized carbons (Fsp3) is 0.526. The van der Waals surface area contributed by atoms with Gasteiger partial charge in [-0.25, -0.2) is 4.98 Å². The van der Waals surface area contributed by atoms with Gasteiger partial charge >= 0.3 is 0 Å². The summed E-state index contributed by atoms with van der Waals surface area (Å²) in [6, 6.07) is 6.12. The predicted molar refractivity (Wildman–Crippen MR) is 95.0 cm³/mol. The van der Waals surface area contributed by atoms with Crippen LogP contribution in [0.5, 0.6) is 0 Å². The third-order valence-electron chi connectivity index (χ3n) is 4.92. The van der Waals surface area contributed by atoms with Gasteiger partial charge in [0.2, 0.25) is 5.91 Å². The van der Waals surface area contributed by atoms with Gasteiger partial charge in [-0.15, -0.1) is 0 Å². The highest BCUT2D eigenvalue weighted by atomic mass is 16.5. The van der Waals surface area contributed by atoms with Crippen molar-refractivity contribution < 1.29 is 9.53 Å². The summed E-state index contributed by atoms with van der Waals surface area (Å²) in [6.07, 6.45) is 3.46. The number of H-pyrrole nitrogens is 1. The molecule has 1 aromatic carbocycles. The van der Waals surface area contributed by atoms with Gasteiger partial charge in [0.05, 0.1) is 12.5 Å². The molecule has 2 aromatic rings. The average molecular weight is 342 g/mol. The summed E-state index contributed by atoms with van der Waals surface area (Å²) < 4.78 is 5.09. The number of amides is 1. The van der Waals surface area contributed by atoms with Crippen LogP contribution in [0.25, 0.3) is 0 Å². The summed E-state index contributed by atoms with van der Waals surface area (Å²) in [5.74, 6) is 1.55. The fourth-order valence-electron chi connectivity index (χ4n) is 3.54. The van der Waals surface area contributed by atoms with Gasteiger partial charge in [0, 0.05) is 13.7 Å². The molecular weight excluding hydrogens is 316 g/mol. The van der Waals surface area contributed by atoms with Gasteiger partial charge in [-0.2, -0.15) is 5.10 Å². The number of nitrogens with one attached hydrogen (secondary N) is 1. The van der Waals surface area contributed by atoms with Crippen molar-refractivity contribution in [2.45, 2.75) is 52.2 Å². The minimum absolute atomic E-state index is 0.0487. The molecule has 1 unspecified atom stereocenters. The Kier molecular flexibility index (Phi) is 5.48. The van der Waals surface area contributed by atoms with Crippen molar-refractivity contribution >= 4 is 5.91 Å². The topological polar surface area (TPSA) is 71.1 Å². The second-order valence-electron chi connectivity index (χ2n) is 6.72. The lowest BCUT2D eigenvalue weighted by Crippen LogP contribution is -2.40. The van der Waals surface area contributed by atoms with E-state index in [0.717, 1.165) is 31.4 Å². The molecule has 1 aliphatic heterocycles. The Balaban J connectivity index is 1.79. The van der Waals surface area contributed by atoms with Crippen LogP contribution in [-0.4, -0.2) is 39.6 Å². The zero-order valence-corrected chi connectivity index (χ0v) is 15.2. The highest BCUT2D eigenvalue weighted by Gasteiger charge is 2.31. The van der Waals surface area contributed by atoms with E-state index in [1.807, 2.05) is 11.0 Å². The molecule has 0 aliphatic carbocycles. The maximum absolute atomic E-state index is 13.0. The number of hydrogen-bond acceptors (Lipinski definition) is 4. The van der Waals surface area contributed by atoms with E-state index in [1.54, 1.807) is 7.11 Å². The summed E-state index contributed by atoms with van der Waals surface area (Å²) in [5.41, 5.74) is 3.47. The quantitative estimate of drug-likeness (QED) is 0.907. The first-order valence-electron chi connectivity index (χ1n) is 8.85. The molecule has 6 heteroatoms. The van der Waals surface area contributed by atoms with Crippen molar-refractivity contribution in [3.05, 3.63) is 46.5 Å². The molecule has 0 saturated carbocycles. The zero-order valence-electron chi connectivity index (χ0n) is 15.2. The molecule has 0 spiro atoms. The first kappa shape index (κ1) is 17.6. The molecule has 1 atom stereocenters. The first-order valence-corrected chi connectivity index (χ1v) is 8.85. The minimum Gasteiger partial charge on any atom is -0.377 e. The van der Waals surface area contributed by atoms with Crippen LogP contribution < -0.4 is 0 Å². The molecule has 1 saturated heterocycles. The number of carbonyl (C=O) groups is 1. The van der Waals surface area contributed by atoms with Crippen molar-refractivity contribution in [2.24, 2.45) is 0 Å². The number of ether oxygens (including phenoxy) is 1. The van der Waals surface area contributed by atoms with Gasteiger partial charge in [0.15, 0.2) is 11.6 Å². The highest BCUT2D eigenvalue weighted by Crippen LogP contribution is 2.30. The second-order valence-corrected chi connectivity index (χ2v) is 6.72. The smallest absolute Gasteiger partial charge is 0.227 e. The molecule has 1 aromatic heterocycles. The van der Waals surface area contributed by atoms with E-state index < -0.39 is 0 Å². The molecule has 0 radical (unpaired) electrons. The van der Waals surface area contributed by atoms with E-state index in [1.165, 1.54) is 11.1 Å². The van der Waals surface area contributed by atoms with Crippen molar-refractivity contribution in [1.82, 2.24) is 20.1 Å². The van der Waals surface area contributed by atoms with Crippen molar-refractivity contribution in [3.63, 3.8) is 0 Å². The summed E-state index contributed by atoms with van der Waals surface area (Å²) in [7, 11) is 1.63. The van der Waals surface area contributed by atoms with Crippen molar-refractivity contribution in [2.75, 3.05) is 13.7 Å². The minimum atomic E-state index is -0.0487. The molecular formula is C19H26N4O2. The van der Waals surface area contributed by atoms with E-state index in [4.69, 9.17) is 4.74 Å². The standard InChI is InChI=1S/C19H26N4O2/c1-13-7-6-8-14(2)15(13)11-18(24)23-10-5-4-9-16(23)19-20-17(12-25-3)21-22-19/h6-8,16H,4-5,9-12H2,1-3H3,(H,20,21,22). The number of nitrogens with zero attached hydrogens (tertiary/aromatic N) is 3. The van der Waals surface area contributed by atoms with E-state index in [-0.39, 0.29) is 11.9 Å². The predicted octanol–water partition coefficient (Wildman–Crippen LogP) is 2.86. The van der Waals surface area contributed by atoms with Crippen LogP contribution in [-0.2, 0) is 22.6 Å². The number of aromatic nitrogens is 3. The number of likely N-dealkylation sites (tertiary alicyclic amines) is 1. The van der Waals surface area contributed by atoms with Gasteiger partial charge in [-0.05, 0) is 49.8 Å². The summed E-state index contributed by atoms with van der Waals surface area (Å²) in [5, 5.41) is 7.23. The molecule has 3 rings (SSSR count). The lowest BCUT2D eigenvalue weighted by molar-refractivity contribution is -0.134. The van der Waals surface area contributed by atoms with E-state index in [0.29, 0.717) is 24.7 Å². The number of carbonyl (C=O) groups excluding carboxylic acids is 1. The van der Waals surface area contributed by atoms with Gasteiger partial charge < -0.3 is 9.64 Å². The fourth-order valence-corrected chi connectivity index (χ4v) is 3.54. The molecule has 2 heterocycles. The molecule has 25 heavy (non-hydrogen) atoms. The molecule has 134 valence electrons. The third-order valence-corrected chi connectivity index (χ3v) is 4.92. The van der Waals surface area contributed by atoms with Crippen molar-refractivity contribution in [3.8, 4) is 0 Å². The molecule has 0 bridgehead atoms. The van der Waals surface area contributed by atoms with Crippen LogP contribution in [0, 0.1) is 13.8 Å². The SMILES string of the molecule is COCc1nc(C2CCCCN2C(=O)Cc2c(C)cccc2C)n[nH]1. The zero-order chi connectivity index (χ0) is 17.8. The maximum atomic E-state index is 13.0. The monoisotopic (exact) mass is 342 g/mol. The van der Waals surface area contributed by atoms with Crippen LogP contribution in [0.15, 0.2) is 18.2 Å². The molecule has 1 fully saturated rings. The van der Waals surface area contributed by atoms with Crippen LogP contribution in [0.3, 0.4) is 0 Å². The number of piperidine rings is 1. The first-order chi connectivity index (χ1) is 12.1. The Morgan fingerprint density at radius 1 is 1.32 bits per heavy atom. The van der Waals surface area contributed by atoms with Gasteiger partial charge in [0.1, 0.15) is 6.61 Å². The number of hydrogen-bond donors (Lipinski definition) is 1. The summed E-state index contributed by atoms with van der Waals surface area (Å²) >= 11 is 0. The second kappa shape index (κ2) is 7.78. The number of methoxy groups -OCH3 is 1. The Labute approximate surface area is 148 Å². The maximum Gasteiger partial charge on any atom is 0.227 e. The van der Waals surface area contributed by atoms with Gasteiger partial charge in [-0.3, -0.25) is 9.89 Å². The Morgan fingerprint density at radius 3 is 2.80 bits per heavy atom. The molecule has 1 aliphatic rings. The van der Waals surface area contributed by atoms with Crippen LogP contribution in [0.1, 0.15) is 53.6 Å².